The molecule has 0 spiro atoms. The molecular weight excluding hydrogens is 709 g/mol. The van der Waals surface area contributed by atoms with Crippen LogP contribution in [0.25, 0.3) is 11.1 Å². The quantitative estimate of drug-likeness (QED) is 0.0355. The molecule has 1 aliphatic rings. The lowest BCUT2D eigenvalue weighted by Crippen LogP contribution is -2.31. The molecule has 56 heavy (non-hydrogen) atoms. The largest absolute Gasteiger partial charge is 0.491 e. The molecule has 4 aromatic carbocycles. The molecule has 5 rings (SSSR count). The SMILES string of the molecule is C=C(C)COC(COC(=O)C(=C)C)COc1ccc(C2(c3ccc(OCC(COC(=O)C(=C)C)OC(=O)C(=C)C)cc3)c3ccccc3-c3ccccc32)cc1. The molecule has 0 saturated heterocycles. The van der Waals surface area contributed by atoms with Crippen molar-refractivity contribution in [2.24, 2.45) is 0 Å². The number of carbonyl (C=O) groups is 3. The molecule has 0 heterocycles. The van der Waals surface area contributed by atoms with E-state index < -0.39 is 35.5 Å². The fourth-order valence-electron chi connectivity index (χ4n) is 6.36. The summed E-state index contributed by atoms with van der Waals surface area (Å²) >= 11 is 0. The Kier molecular flexibility index (Phi) is 13.5. The topological polar surface area (TPSA) is 107 Å². The Labute approximate surface area is 328 Å². The van der Waals surface area contributed by atoms with Crippen LogP contribution in [0.2, 0.25) is 0 Å². The van der Waals surface area contributed by atoms with Crippen molar-refractivity contribution in [1.82, 2.24) is 0 Å². The van der Waals surface area contributed by atoms with Crippen molar-refractivity contribution >= 4 is 17.9 Å². The normalized spacial score (nSPS) is 13.2. The van der Waals surface area contributed by atoms with Crippen LogP contribution in [-0.2, 0) is 38.7 Å². The zero-order chi connectivity index (χ0) is 40.4. The Hall–Kier alpha value is -6.19. The van der Waals surface area contributed by atoms with E-state index >= 15 is 0 Å². The average molecular weight is 757 g/mol. The van der Waals surface area contributed by atoms with E-state index in [9.17, 15) is 14.4 Å². The van der Waals surface area contributed by atoms with Gasteiger partial charge in [-0.1, -0.05) is 105 Å². The van der Waals surface area contributed by atoms with E-state index in [4.69, 9.17) is 28.4 Å². The lowest BCUT2D eigenvalue weighted by Gasteiger charge is -2.34. The third-order valence-electron chi connectivity index (χ3n) is 9.08. The van der Waals surface area contributed by atoms with Crippen molar-refractivity contribution in [2.75, 3.05) is 33.0 Å². The number of hydrogen-bond acceptors (Lipinski definition) is 9. The Morgan fingerprint density at radius 2 is 0.946 bits per heavy atom. The van der Waals surface area contributed by atoms with E-state index in [1.165, 1.54) is 13.8 Å². The number of fused-ring (bicyclic) bond motifs is 3. The first-order valence-electron chi connectivity index (χ1n) is 18.2. The zero-order valence-electron chi connectivity index (χ0n) is 32.4. The van der Waals surface area contributed by atoms with Crippen molar-refractivity contribution < 1.29 is 42.8 Å². The van der Waals surface area contributed by atoms with Gasteiger partial charge in [-0.25, -0.2) is 14.4 Å². The monoisotopic (exact) mass is 756 g/mol. The van der Waals surface area contributed by atoms with E-state index in [0.717, 1.165) is 39.0 Å². The molecule has 0 fully saturated rings. The van der Waals surface area contributed by atoms with E-state index in [2.05, 4.69) is 62.7 Å². The Balaban J connectivity index is 1.43. The highest BCUT2D eigenvalue weighted by Gasteiger charge is 2.45. The first-order chi connectivity index (χ1) is 26.8. The predicted molar refractivity (Wildman–Crippen MR) is 216 cm³/mol. The van der Waals surface area contributed by atoms with Crippen molar-refractivity contribution in [1.29, 1.82) is 0 Å². The van der Waals surface area contributed by atoms with Crippen LogP contribution < -0.4 is 9.47 Å². The summed E-state index contributed by atoms with van der Waals surface area (Å²) in [6.07, 6.45) is -1.39. The van der Waals surface area contributed by atoms with Gasteiger partial charge in [0, 0.05) is 16.7 Å². The van der Waals surface area contributed by atoms with Gasteiger partial charge in [0.05, 0.1) is 12.0 Å². The van der Waals surface area contributed by atoms with Crippen LogP contribution in [0.4, 0.5) is 0 Å². The molecule has 0 aromatic heterocycles. The minimum absolute atomic E-state index is 0.0101. The van der Waals surface area contributed by atoms with Crippen LogP contribution in [0.5, 0.6) is 11.5 Å². The molecule has 0 N–H and O–H groups in total. The van der Waals surface area contributed by atoms with Gasteiger partial charge in [-0.3, -0.25) is 0 Å². The summed E-state index contributed by atoms with van der Waals surface area (Å²) in [5.41, 5.74) is 7.45. The second kappa shape index (κ2) is 18.4. The highest BCUT2D eigenvalue weighted by Crippen LogP contribution is 2.56. The van der Waals surface area contributed by atoms with E-state index in [1.54, 1.807) is 6.92 Å². The van der Waals surface area contributed by atoms with Crippen molar-refractivity contribution in [3.05, 3.63) is 168 Å². The highest BCUT2D eigenvalue weighted by atomic mass is 16.6. The van der Waals surface area contributed by atoms with Crippen LogP contribution in [0.3, 0.4) is 0 Å². The summed E-state index contributed by atoms with van der Waals surface area (Å²) in [4.78, 5) is 36.5. The molecular formula is C47H48O9. The van der Waals surface area contributed by atoms with Crippen molar-refractivity contribution in [3.63, 3.8) is 0 Å². The van der Waals surface area contributed by atoms with E-state index in [1.807, 2.05) is 67.6 Å². The summed E-state index contributed by atoms with van der Waals surface area (Å²) < 4.78 is 34.3. The second-order valence-corrected chi connectivity index (χ2v) is 14.0. The molecule has 9 heteroatoms. The first kappa shape index (κ1) is 41.0. The van der Waals surface area contributed by atoms with E-state index in [-0.39, 0.29) is 37.6 Å². The number of esters is 3. The lowest BCUT2D eigenvalue weighted by molar-refractivity contribution is -0.155. The molecule has 2 atom stereocenters. The fraction of sp³-hybridized carbons (Fsp3) is 0.255. The van der Waals surface area contributed by atoms with Gasteiger partial charge in [-0.2, -0.15) is 0 Å². The van der Waals surface area contributed by atoms with Gasteiger partial charge >= 0.3 is 17.9 Å². The van der Waals surface area contributed by atoms with Crippen LogP contribution >= 0.6 is 0 Å². The third-order valence-corrected chi connectivity index (χ3v) is 9.08. The molecule has 0 bridgehead atoms. The minimum Gasteiger partial charge on any atom is -0.491 e. The first-order valence-corrected chi connectivity index (χ1v) is 18.2. The molecule has 0 saturated carbocycles. The van der Waals surface area contributed by atoms with Gasteiger partial charge in [0.25, 0.3) is 0 Å². The van der Waals surface area contributed by atoms with Gasteiger partial charge < -0.3 is 28.4 Å². The van der Waals surface area contributed by atoms with E-state index in [0.29, 0.717) is 23.7 Å². The maximum absolute atomic E-state index is 12.3. The van der Waals surface area contributed by atoms with Gasteiger partial charge in [-0.15, -0.1) is 0 Å². The van der Waals surface area contributed by atoms with Crippen molar-refractivity contribution in [2.45, 2.75) is 45.3 Å². The fourth-order valence-corrected chi connectivity index (χ4v) is 6.36. The molecule has 0 amide bonds. The molecule has 4 aromatic rings. The number of hydrogen-bond donors (Lipinski definition) is 0. The number of carbonyl (C=O) groups excluding carboxylic acids is 3. The average Bonchev–Trinajstić information content (AvgIpc) is 3.49. The molecule has 290 valence electrons. The predicted octanol–water partition coefficient (Wildman–Crippen LogP) is 8.50. The molecule has 9 nitrogen and oxygen atoms in total. The summed E-state index contributed by atoms with van der Waals surface area (Å²) in [6.45, 7) is 21.5. The zero-order valence-corrected chi connectivity index (χ0v) is 32.4. The molecule has 2 unspecified atom stereocenters. The Morgan fingerprint density at radius 3 is 1.38 bits per heavy atom. The summed E-state index contributed by atoms with van der Waals surface area (Å²) in [5, 5.41) is 0. The number of benzene rings is 4. The van der Waals surface area contributed by atoms with Gasteiger partial charge in [-0.05, 0) is 85.3 Å². The third kappa shape index (κ3) is 9.54. The van der Waals surface area contributed by atoms with Crippen LogP contribution in [0, 0.1) is 0 Å². The maximum Gasteiger partial charge on any atom is 0.333 e. The Bertz CT molecular complexity index is 2060. The van der Waals surface area contributed by atoms with Crippen LogP contribution in [0.1, 0.15) is 49.9 Å². The minimum atomic E-state index is -0.873. The summed E-state index contributed by atoms with van der Waals surface area (Å²) in [7, 11) is 0. The Morgan fingerprint density at radius 1 is 0.536 bits per heavy atom. The lowest BCUT2D eigenvalue weighted by atomic mass is 9.68. The van der Waals surface area contributed by atoms with Crippen LogP contribution in [-0.4, -0.2) is 63.2 Å². The highest BCUT2D eigenvalue weighted by molar-refractivity contribution is 5.88. The number of rotatable bonds is 19. The standard InChI is InChI=1S/C47H48O9/c1-30(2)25-51-38(27-54-44(48)31(3)4)26-52-36-21-17-34(18-22-36)47(42-15-11-9-13-40(42)41-14-10-12-16-43(41)47)35-19-23-37(24-20-35)53-28-39(56-46(50)33(7)8)29-55-45(49)32(5)6/h9-24,38-39H,1,3,5,7,25-29H2,2,4,6,8H3. The number of ether oxygens (including phenoxy) is 6. The maximum atomic E-state index is 12.3. The van der Waals surface area contributed by atoms with Crippen LogP contribution in [0.15, 0.2) is 146 Å². The van der Waals surface area contributed by atoms with Gasteiger partial charge in [0.2, 0.25) is 0 Å². The van der Waals surface area contributed by atoms with Gasteiger partial charge in [0.1, 0.15) is 44.0 Å². The van der Waals surface area contributed by atoms with Crippen molar-refractivity contribution in [3.8, 4) is 22.6 Å². The summed E-state index contributed by atoms with van der Waals surface area (Å²) in [6, 6.07) is 32.6. The van der Waals surface area contributed by atoms with Gasteiger partial charge in [0.15, 0.2) is 6.10 Å². The molecule has 0 aliphatic heterocycles. The smallest absolute Gasteiger partial charge is 0.333 e. The molecule has 0 radical (unpaired) electrons. The molecule has 1 aliphatic carbocycles. The summed E-state index contributed by atoms with van der Waals surface area (Å²) in [5.74, 6) is -0.538. The second-order valence-electron chi connectivity index (χ2n) is 14.0.